The Balaban J connectivity index is -0.00000180. The third-order valence-electron chi connectivity index (χ3n) is 1.39. The van der Waals surface area contributed by atoms with Crippen molar-refractivity contribution in [1.29, 1.82) is 0 Å². The van der Waals surface area contributed by atoms with Gasteiger partial charge in [0.2, 0.25) is 0 Å². The maximum Gasteiger partial charge on any atom is 1.00 e. The van der Waals surface area contributed by atoms with Crippen molar-refractivity contribution >= 4 is 23.9 Å². The SMILES string of the molecule is CC(=O)ON(CCN(OC(C)=O)OC(C)=O)OC(C)=O.[Cl-].[Na+]. The van der Waals surface area contributed by atoms with Gasteiger partial charge in [-0.3, -0.25) is 19.2 Å². The number of rotatable bonds is 7. The summed E-state index contributed by atoms with van der Waals surface area (Å²) >= 11 is 0. The van der Waals surface area contributed by atoms with Crippen LogP contribution in [0.5, 0.6) is 0 Å². The summed E-state index contributed by atoms with van der Waals surface area (Å²) in [7, 11) is 0. The molecule has 0 aliphatic rings. The van der Waals surface area contributed by atoms with E-state index < -0.39 is 23.9 Å². The van der Waals surface area contributed by atoms with Gasteiger partial charge in [-0.05, 0) is 0 Å². The summed E-state index contributed by atoms with van der Waals surface area (Å²) in [5.41, 5.74) is 0. The number of hydrogen-bond acceptors (Lipinski definition) is 10. The summed E-state index contributed by atoms with van der Waals surface area (Å²) in [4.78, 5) is 61.4. The van der Waals surface area contributed by atoms with Gasteiger partial charge in [-0.2, -0.15) is 0 Å². The van der Waals surface area contributed by atoms with Gasteiger partial charge in [-0.15, -0.1) is 0 Å². The van der Waals surface area contributed by atoms with E-state index in [2.05, 4.69) is 19.4 Å². The Bertz CT molecular complexity index is 327. The van der Waals surface area contributed by atoms with Crippen LogP contribution in [0.4, 0.5) is 0 Å². The average Bonchev–Trinajstić information content (AvgIpc) is 2.22. The molecule has 0 N–H and O–H groups in total. The first-order valence-corrected chi connectivity index (χ1v) is 5.50. The molecule has 0 aromatic carbocycles. The van der Waals surface area contributed by atoms with Crippen LogP contribution in [-0.2, 0) is 38.5 Å². The number of nitrogens with zero attached hydrogens (tertiary/aromatic N) is 2. The van der Waals surface area contributed by atoms with Crippen molar-refractivity contribution in [3.8, 4) is 0 Å². The van der Waals surface area contributed by atoms with Crippen LogP contribution in [0, 0.1) is 0 Å². The van der Waals surface area contributed by atoms with Crippen molar-refractivity contribution < 1.29 is 80.5 Å². The molecule has 0 radical (unpaired) electrons. The largest absolute Gasteiger partial charge is 1.00 e. The van der Waals surface area contributed by atoms with Crippen molar-refractivity contribution in [1.82, 2.24) is 10.5 Å². The van der Waals surface area contributed by atoms with Crippen molar-refractivity contribution in [3.63, 3.8) is 0 Å². The van der Waals surface area contributed by atoms with Gasteiger partial charge in [0.25, 0.3) is 0 Å². The molecule has 22 heavy (non-hydrogen) atoms. The Morgan fingerprint density at radius 2 is 0.818 bits per heavy atom. The van der Waals surface area contributed by atoms with Crippen LogP contribution >= 0.6 is 0 Å². The average molecular weight is 351 g/mol. The van der Waals surface area contributed by atoms with Gasteiger partial charge in [0.1, 0.15) is 0 Å². The molecule has 0 heterocycles. The molecule has 0 aromatic heterocycles. The molecule has 12 heteroatoms. The zero-order chi connectivity index (χ0) is 15.7. The molecule has 0 amide bonds. The number of carbonyl (C=O) groups is 4. The Morgan fingerprint density at radius 3 is 0.955 bits per heavy atom. The quantitative estimate of drug-likeness (QED) is 0.324. The van der Waals surface area contributed by atoms with E-state index in [4.69, 9.17) is 0 Å². The maximum atomic E-state index is 10.8. The van der Waals surface area contributed by atoms with Gasteiger partial charge >= 0.3 is 53.4 Å². The monoisotopic (exact) mass is 350 g/mol. The topological polar surface area (TPSA) is 112 Å². The Morgan fingerprint density at radius 1 is 0.636 bits per heavy atom. The predicted octanol–water partition coefficient (Wildman–Crippen LogP) is -6.49. The fraction of sp³-hybridized carbons (Fsp3) is 0.600. The van der Waals surface area contributed by atoms with E-state index in [1.54, 1.807) is 0 Å². The van der Waals surface area contributed by atoms with E-state index >= 15 is 0 Å². The molecule has 0 saturated carbocycles. The second-order valence-electron chi connectivity index (χ2n) is 3.44. The third kappa shape index (κ3) is 15.5. The molecule has 10 nitrogen and oxygen atoms in total. The molecular weight excluding hydrogens is 335 g/mol. The molecule has 0 unspecified atom stereocenters. The second kappa shape index (κ2) is 13.7. The standard InChI is InChI=1S/C10H16N2O8.ClH.Na/c1-7(13)17-11(18-8(2)14)5-6-12(19-9(3)15)20-10(4)16;;/h5-6H2,1-4H3;1H;/q;;+1/p-1. The van der Waals surface area contributed by atoms with Crippen LogP contribution in [-0.4, -0.2) is 47.4 Å². The van der Waals surface area contributed by atoms with E-state index in [1.807, 2.05) is 0 Å². The molecule has 0 rings (SSSR count). The fourth-order valence-corrected chi connectivity index (χ4v) is 0.957. The Labute approximate surface area is 155 Å². The molecule has 0 aromatic rings. The predicted molar refractivity (Wildman–Crippen MR) is 60.5 cm³/mol. The first-order chi connectivity index (χ1) is 9.20. The summed E-state index contributed by atoms with van der Waals surface area (Å²) in [6.45, 7) is 3.97. The van der Waals surface area contributed by atoms with Crippen LogP contribution in [0.3, 0.4) is 0 Å². The molecule has 0 spiro atoms. The maximum absolute atomic E-state index is 10.8. The molecule has 0 bridgehead atoms. The molecule has 0 atom stereocenters. The Kier molecular flexibility index (Phi) is 16.2. The number of carbonyl (C=O) groups excluding carboxylic acids is 4. The fourth-order valence-electron chi connectivity index (χ4n) is 0.957. The molecular formula is C10H16ClN2NaO8. The molecule has 0 aliphatic carbocycles. The van der Waals surface area contributed by atoms with Crippen LogP contribution in [0.2, 0.25) is 0 Å². The smallest absolute Gasteiger partial charge is 1.00 e. The van der Waals surface area contributed by atoms with Crippen molar-refractivity contribution in [2.75, 3.05) is 13.1 Å². The zero-order valence-electron chi connectivity index (χ0n) is 13.0. The summed E-state index contributed by atoms with van der Waals surface area (Å²) < 4.78 is 0. The first-order valence-electron chi connectivity index (χ1n) is 5.50. The van der Waals surface area contributed by atoms with Crippen LogP contribution < -0.4 is 42.0 Å². The molecule has 0 fully saturated rings. The van der Waals surface area contributed by atoms with Gasteiger partial charge in [0.15, 0.2) is 0 Å². The minimum absolute atomic E-state index is 0. The van der Waals surface area contributed by atoms with E-state index in [1.165, 1.54) is 0 Å². The minimum atomic E-state index is -0.724. The van der Waals surface area contributed by atoms with Crippen LogP contribution in [0.25, 0.3) is 0 Å². The second-order valence-corrected chi connectivity index (χ2v) is 3.44. The van der Waals surface area contributed by atoms with E-state index in [0.29, 0.717) is 10.5 Å². The molecule has 0 saturated heterocycles. The number of hydroxylamine groups is 4. The van der Waals surface area contributed by atoms with Gasteiger partial charge in [-0.25, -0.2) is 0 Å². The van der Waals surface area contributed by atoms with Crippen LogP contribution in [0.1, 0.15) is 27.7 Å². The third-order valence-corrected chi connectivity index (χ3v) is 1.39. The van der Waals surface area contributed by atoms with Crippen LogP contribution in [0.15, 0.2) is 0 Å². The summed E-state index contributed by atoms with van der Waals surface area (Å²) in [6.07, 6.45) is 0. The summed E-state index contributed by atoms with van der Waals surface area (Å²) in [6, 6.07) is 0. The van der Waals surface area contributed by atoms with Crippen molar-refractivity contribution in [2.24, 2.45) is 0 Å². The summed E-state index contributed by atoms with van der Waals surface area (Å²) in [5, 5.41) is 1.15. The van der Waals surface area contributed by atoms with Crippen molar-refractivity contribution in [3.05, 3.63) is 0 Å². The summed E-state index contributed by atoms with van der Waals surface area (Å²) in [5.74, 6) is -2.90. The zero-order valence-corrected chi connectivity index (χ0v) is 15.7. The van der Waals surface area contributed by atoms with Gasteiger partial charge in [0.05, 0.1) is 13.1 Å². The van der Waals surface area contributed by atoms with E-state index in [0.717, 1.165) is 27.7 Å². The first kappa shape index (κ1) is 26.0. The Hall–Kier alpha value is -0.910. The minimum Gasteiger partial charge on any atom is -1.00 e. The normalized spacial score (nSPS) is 9.18. The number of hydrogen-bond donors (Lipinski definition) is 0. The van der Waals surface area contributed by atoms with Gasteiger partial charge in [-0.1, -0.05) is 0 Å². The number of halogens is 1. The molecule has 122 valence electrons. The van der Waals surface area contributed by atoms with Gasteiger partial charge < -0.3 is 31.8 Å². The van der Waals surface area contributed by atoms with Gasteiger partial charge in [0, 0.05) is 38.1 Å². The molecule has 0 aliphatic heterocycles. The van der Waals surface area contributed by atoms with E-state index in [-0.39, 0.29) is 55.1 Å². The van der Waals surface area contributed by atoms with E-state index in [9.17, 15) is 19.2 Å². The van der Waals surface area contributed by atoms with Crippen molar-refractivity contribution in [2.45, 2.75) is 27.7 Å².